The van der Waals surface area contributed by atoms with Gasteiger partial charge < -0.3 is 25.5 Å². The molecular weight excluding hydrogens is 258 g/mol. The van der Waals surface area contributed by atoms with Crippen molar-refractivity contribution in [2.75, 3.05) is 19.0 Å². The molecule has 0 aromatic carbocycles. The Labute approximate surface area is 98.1 Å². The van der Waals surface area contributed by atoms with Crippen LogP contribution in [0.2, 0.25) is 0 Å². The van der Waals surface area contributed by atoms with E-state index in [1.165, 1.54) is 0 Å². The largest absolute Gasteiger partial charge is 0.394 e. The Kier molecular flexibility index (Phi) is 7.04. The Morgan fingerprint density at radius 3 is 1.88 bits per heavy atom. The van der Waals surface area contributed by atoms with E-state index >= 15 is 0 Å². The van der Waals surface area contributed by atoms with E-state index in [2.05, 4.69) is 5.32 Å². The van der Waals surface area contributed by atoms with Gasteiger partial charge in [-0.05, 0) is 0 Å². The summed E-state index contributed by atoms with van der Waals surface area (Å²) in [6, 6.07) is 0. The highest BCUT2D eigenvalue weighted by Crippen LogP contribution is 2.04. The second-order valence-electron chi connectivity index (χ2n) is 3.48. The molecule has 0 spiro atoms. The van der Waals surface area contributed by atoms with Gasteiger partial charge in [-0.15, -0.1) is 0 Å². The maximum absolute atomic E-state index is 10.3. The van der Waals surface area contributed by atoms with Crippen molar-refractivity contribution in [3.8, 4) is 0 Å². The molecule has 17 heavy (non-hydrogen) atoms. The van der Waals surface area contributed by atoms with Gasteiger partial charge in [-0.2, -0.15) is 8.42 Å². The molecule has 0 aromatic heterocycles. The zero-order valence-corrected chi connectivity index (χ0v) is 9.66. The van der Waals surface area contributed by atoms with Crippen LogP contribution < -0.4 is 5.32 Å². The molecule has 0 saturated heterocycles. The van der Waals surface area contributed by atoms with Crippen LogP contribution in [0.25, 0.3) is 0 Å². The number of aliphatic hydroxyl groups excluding tert-OH is 5. The second-order valence-corrected chi connectivity index (χ2v) is 4.93. The molecule has 10 heteroatoms. The molecule has 0 aliphatic carbocycles. The topological polar surface area (TPSA) is 168 Å². The molecule has 0 unspecified atom stereocenters. The maximum Gasteiger partial charge on any atom is 0.278 e. The summed E-state index contributed by atoms with van der Waals surface area (Å²) in [4.78, 5) is 0. The van der Waals surface area contributed by atoms with E-state index in [4.69, 9.17) is 14.8 Å². The van der Waals surface area contributed by atoms with Crippen LogP contribution >= 0.6 is 0 Å². The summed E-state index contributed by atoms with van der Waals surface area (Å²) in [7, 11) is -4.24. The van der Waals surface area contributed by atoms with E-state index in [-0.39, 0.29) is 0 Å². The van der Waals surface area contributed by atoms with Crippen molar-refractivity contribution in [1.29, 1.82) is 0 Å². The molecule has 0 fully saturated rings. The molecule has 0 aliphatic rings. The van der Waals surface area contributed by atoms with Gasteiger partial charge in [-0.3, -0.25) is 9.87 Å². The average molecular weight is 275 g/mol. The molecule has 0 bridgehead atoms. The van der Waals surface area contributed by atoms with Gasteiger partial charge in [0, 0.05) is 6.54 Å². The van der Waals surface area contributed by atoms with E-state index in [9.17, 15) is 23.7 Å². The maximum atomic E-state index is 10.3. The number of hydrogen-bond acceptors (Lipinski definition) is 8. The van der Waals surface area contributed by atoms with Crippen LogP contribution in [-0.4, -0.2) is 81.9 Å². The molecular formula is C7H17NO8S. The molecule has 104 valence electrons. The summed E-state index contributed by atoms with van der Waals surface area (Å²) in [5, 5.41) is 47.4. The fourth-order valence-electron chi connectivity index (χ4n) is 1.02. The lowest BCUT2D eigenvalue weighted by Gasteiger charge is -2.25. The van der Waals surface area contributed by atoms with Gasteiger partial charge in [0.05, 0.1) is 12.7 Å². The van der Waals surface area contributed by atoms with Crippen molar-refractivity contribution in [2.24, 2.45) is 0 Å². The Hall–Kier alpha value is -0.330. The van der Waals surface area contributed by atoms with Crippen LogP contribution in [0.1, 0.15) is 0 Å². The zero-order chi connectivity index (χ0) is 13.6. The van der Waals surface area contributed by atoms with Crippen LogP contribution in [0.4, 0.5) is 0 Å². The minimum Gasteiger partial charge on any atom is -0.394 e. The summed E-state index contributed by atoms with van der Waals surface area (Å²) >= 11 is 0. The first-order valence-corrected chi connectivity index (χ1v) is 6.29. The first kappa shape index (κ1) is 16.7. The Morgan fingerprint density at radius 1 is 1.00 bits per heavy atom. The average Bonchev–Trinajstić information content (AvgIpc) is 2.24. The van der Waals surface area contributed by atoms with Crippen LogP contribution in [0.5, 0.6) is 0 Å². The second kappa shape index (κ2) is 7.18. The van der Waals surface area contributed by atoms with E-state index in [1.807, 2.05) is 0 Å². The van der Waals surface area contributed by atoms with Crippen molar-refractivity contribution in [2.45, 2.75) is 24.4 Å². The molecule has 0 aromatic rings. The quantitative estimate of drug-likeness (QED) is 0.217. The lowest BCUT2D eigenvalue weighted by Crippen LogP contribution is -2.49. The van der Waals surface area contributed by atoms with Crippen LogP contribution in [0.3, 0.4) is 0 Å². The predicted molar refractivity (Wildman–Crippen MR) is 55.5 cm³/mol. The van der Waals surface area contributed by atoms with Gasteiger partial charge in [0.25, 0.3) is 10.1 Å². The number of nitrogens with one attached hydrogen (secondary N) is 1. The highest BCUT2D eigenvalue weighted by Gasteiger charge is 2.29. The Bertz CT molecular complexity index is 307. The van der Waals surface area contributed by atoms with Gasteiger partial charge >= 0.3 is 0 Å². The molecule has 9 nitrogen and oxygen atoms in total. The van der Waals surface area contributed by atoms with E-state index < -0.39 is 53.6 Å². The normalized spacial score (nSPS) is 19.6. The molecule has 0 amide bonds. The first-order chi connectivity index (χ1) is 7.69. The SMILES string of the molecule is O=S(=O)(O)CNC[C@H](O)[C@@H](O)[C@H](O)[C@H](O)CO. The standard InChI is InChI=1S/C7H17NO8S/c9-2-5(11)7(13)6(12)4(10)1-8-3-17(14,15)16/h4-13H,1-3H2,(H,14,15,16)/t4-,5+,6+,7+/m0/s1. The molecule has 0 rings (SSSR count). The summed E-state index contributed by atoms with van der Waals surface area (Å²) in [6.45, 7) is -1.24. The fourth-order valence-corrected chi connectivity index (χ4v) is 1.40. The molecule has 0 aliphatic heterocycles. The van der Waals surface area contributed by atoms with Gasteiger partial charge in [0.1, 0.15) is 24.2 Å². The van der Waals surface area contributed by atoms with Crippen molar-refractivity contribution < 1.29 is 38.5 Å². The number of aliphatic hydroxyl groups is 5. The van der Waals surface area contributed by atoms with Gasteiger partial charge in [-0.1, -0.05) is 0 Å². The van der Waals surface area contributed by atoms with Gasteiger partial charge in [-0.25, -0.2) is 0 Å². The van der Waals surface area contributed by atoms with Crippen LogP contribution in [0.15, 0.2) is 0 Å². The minimum absolute atomic E-state index is 0.434. The van der Waals surface area contributed by atoms with E-state index in [0.29, 0.717) is 0 Å². The molecule has 0 saturated carbocycles. The Balaban J connectivity index is 4.09. The summed E-state index contributed by atoms with van der Waals surface area (Å²) in [5.74, 6) is -0.824. The van der Waals surface area contributed by atoms with Gasteiger partial charge in [0.2, 0.25) is 0 Å². The smallest absolute Gasteiger partial charge is 0.278 e. The third-order valence-electron chi connectivity index (χ3n) is 1.96. The van der Waals surface area contributed by atoms with Crippen molar-refractivity contribution in [1.82, 2.24) is 5.32 Å². The van der Waals surface area contributed by atoms with Crippen LogP contribution in [-0.2, 0) is 10.1 Å². The van der Waals surface area contributed by atoms with Crippen molar-refractivity contribution >= 4 is 10.1 Å². The third-order valence-corrected chi connectivity index (χ3v) is 2.53. The molecule has 0 radical (unpaired) electrons. The lowest BCUT2D eigenvalue weighted by molar-refractivity contribution is -0.113. The number of rotatable bonds is 8. The minimum atomic E-state index is -4.24. The molecule has 7 N–H and O–H groups in total. The summed E-state index contributed by atoms with van der Waals surface area (Å²) in [6.07, 6.45) is -6.75. The summed E-state index contributed by atoms with van der Waals surface area (Å²) in [5.41, 5.74) is 0. The van der Waals surface area contributed by atoms with Crippen molar-refractivity contribution in [3.63, 3.8) is 0 Å². The lowest BCUT2D eigenvalue weighted by atomic mass is 10.0. The van der Waals surface area contributed by atoms with Crippen LogP contribution in [0, 0.1) is 0 Å². The monoisotopic (exact) mass is 275 g/mol. The Morgan fingerprint density at radius 2 is 1.47 bits per heavy atom. The van der Waals surface area contributed by atoms with E-state index in [1.54, 1.807) is 0 Å². The van der Waals surface area contributed by atoms with E-state index in [0.717, 1.165) is 0 Å². The number of hydrogen-bond donors (Lipinski definition) is 7. The third kappa shape index (κ3) is 6.85. The van der Waals surface area contributed by atoms with Gasteiger partial charge in [0.15, 0.2) is 0 Å². The highest BCUT2D eigenvalue weighted by molar-refractivity contribution is 7.85. The fraction of sp³-hybridized carbons (Fsp3) is 1.00. The summed E-state index contributed by atoms with van der Waals surface area (Å²) < 4.78 is 28.9. The highest BCUT2D eigenvalue weighted by atomic mass is 32.2. The molecule has 4 atom stereocenters. The molecule has 0 heterocycles. The predicted octanol–water partition coefficient (Wildman–Crippen LogP) is -4.14. The zero-order valence-electron chi connectivity index (χ0n) is 8.84. The van der Waals surface area contributed by atoms with Crippen molar-refractivity contribution in [3.05, 3.63) is 0 Å². The first-order valence-electron chi connectivity index (χ1n) is 4.68.